The van der Waals surface area contributed by atoms with Gasteiger partial charge in [-0.15, -0.1) is 0 Å². The van der Waals surface area contributed by atoms with E-state index < -0.39 is 0 Å². The van der Waals surface area contributed by atoms with Gasteiger partial charge >= 0.3 is 5.63 Å². The Morgan fingerprint density at radius 3 is 3.00 bits per heavy atom. The normalized spacial score (nSPS) is 10.3. The first-order valence-corrected chi connectivity index (χ1v) is 4.99. The standard InChI is InChI=1S/C13H12O3/c1-3-6-15-11-8-9(2)7-10-4-5-12(14)16-13(10)11/h3-5,7-8H,1,6H2,2H3. The van der Waals surface area contributed by atoms with Crippen molar-refractivity contribution in [2.75, 3.05) is 6.61 Å². The first-order chi connectivity index (χ1) is 7.70. The molecule has 1 heterocycles. The Balaban J connectivity index is 2.64. The van der Waals surface area contributed by atoms with E-state index in [0.29, 0.717) is 17.9 Å². The minimum absolute atomic E-state index is 0.375. The van der Waals surface area contributed by atoms with Gasteiger partial charge in [0, 0.05) is 11.5 Å². The maximum atomic E-state index is 11.2. The molecule has 0 bridgehead atoms. The monoisotopic (exact) mass is 216 g/mol. The van der Waals surface area contributed by atoms with Crippen molar-refractivity contribution in [3.05, 3.63) is 52.9 Å². The van der Waals surface area contributed by atoms with E-state index in [-0.39, 0.29) is 5.63 Å². The molecule has 16 heavy (non-hydrogen) atoms. The Morgan fingerprint density at radius 2 is 2.25 bits per heavy atom. The smallest absolute Gasteiger partial charge is 0.336 e. The van der Waals surface area contributed by atoms with E-state index in [2.05, 4.69) is 6.58 Å². The third-order valence-electron chi connectivity index (χ3n) is 2.19. The first kappa shape index (κ1) is 10.5. The molecule has 0 unspecified atom stereocenters. The molecule has 1 aromatic heterocycles. The average Bonchev–Trinajstić information content (AvgIpc) is 2.26. The number of benzene rings is 1. The van der Waals surface area contributed by atoms with Crippen molar-refractivity contribution < 1.29 is 9.15 Å². The van der Waals surface area contributed by atoms with Crippen LogP contribution in [-0.4, -0.2) is 6.61 Å². The number of rotatable bonds is 3. The van der Waals surface area contributed by atoms with Gasteiger partial charge in [0.1, 0.15) is 6.61 Å². The van der Waals surface area contributed by atoms with Gasteiger partial charge in [-0.3, -0.25) is 0 Å². The summed E-state index contributed by atoms with van der Waals surface area (Å²) >= 11 is 0. The summed E-state index contributed by atoms with van der Waals surface area (Å²) in [7, 11) is 0. The van der Waals surface area contributed by atoms with Crippen LogP contribution in [-0.2, 0) is 0 Å². The van der Waals surface area contributed by atoms with Gasteiger partial charge in [0.25, 0.3) is 0 Å². The Hall–Kier alpha value is -2.03. The molecule has 0 aliphatic carbocycles. The molecule has 82 valence electrons. The lowest BCUT2D eigenvalue weighted by atomic mass is 10.1. The fourth-order valence-electron chi connectivity index (χ4n) is 1.55. The minimum atomic E-state index is -0.375. The van der Waals surface area contributed by atoms with Gasteiger partial charge in [-0.2, -0.15) is 0 Å². The largest absolute Gasteiger partial charge is 0.486 e. The maximum Gasteiger partial charge on any atom is 0.336 e. The van der Waals surface area contributed by atoms with Gasteiger partial charge in [-0.1, -0.05) is 12.7 Å². The molecule has 0 atom stereocenters. The lowest BCUT2D eigenvalue weighted by Gasteiger charge is -2.07. The fraction of sp³-hybridized carbons (Fsp3) is 0.154. The highest BCUT2D eigenvalue weighted by Crippen LogP contribution is 2.26. The van der Waals surface area contributed by atoms with Gasteiger partial charge < -0.3 is 9.15 Å². The molecule has 2 aromatic rings. The second-order valence-corrected chi connectivity index (χ2v) is 3.54. The van der Waals surface area contributed by atoms with Gasteiger partial charge in [-0.05, 0) is 30.7 Å². The van der Waals surface area contributed by atoms with Crippen molar-refractivity contribution in [2.45, 2.75) is 6.92 Å². The van der Waals surface area contributed by atoms with Crippen molar-refractivity contribution >= 4 is 11.0 Å². The van der Waals surface area contributed by atoms with Gasteiger partial charge in [0.15, 0.2) is 11.3 Å². The van der Waals surface area contributed by atoms with E-state index in [1.54, 1.807) is 12.1 Å². The van der Waals surface area contributed by atoms with Crippen LogP contribution < -0.4 is 10.4 Å². The van der Waals surface area contributed by atoms with Crippen LogP contribution in [0, 0.1) is 6.92 Å². The van der Waals surface area contributed by atoms with Crippen LogP contribution in [0.4, 0.5) is 0 Å². The Morgan fingerprint density at radius 1 is 1.44 bits per heavy atom. The second kappa shape index (κ2) is 4.23. The molecule has 3 heteroatoms. The highest BCUT2D eigenvalue weighted by atomic mass is 16.5. The van der Waals surface area contributed by atoms with Crippen LogP contribution in [0.1, 0.15) is 5.56 Å². The summed E-state index contributed by atoms with van der Waals surface area (Å²) in [5.74, 6) is 0.576. The summed E-state index contributed by atoms with van der Waals surface area (Å²) in [6, 6.07) is 6.92. The van der Waals surface area contributed by atoms with Crippen LogP contribution in [0.25, 0.3) is 11.0 Å². The molecule has 0 radical (unpaired) electrons. The van der Waals surface area contributed by atoms with Gasteiger partial charge in [0.2, 0.25) is 0 Å². The predicted molar refractivity (Wildman–Crippen MR) is 62.9 cm³/mol. The molecule has 2 rings (SSSR count). The highest BCUT2D eigenvalue weighted by molar-refractivity contribution is 5.83. The molecular weight excluding hydrogens is 204 g/mol. The number of hydrogen-bond acceptors (Lipinski definition) is 3. The van der Waals surface area contributed by atoms with Crippen molar-refractivity contribution in [3.8, 4) is 5.75 Å². The molecule has 0 aliphatic rings. The van der Waals surface area contributed by atoms with Crippen LogP contribution >= 0.6 is 0 Å². The Labute approximate surface area is 93.0 Å². The first-order valence-electron chi connectivity index (χ1n) is 4.99. The van der Waals surface area contributed by atoms with Gasteiger partial charge in [0.05, 0.1) is 0 Å². The molecule has 0 spiro atoms. The maximum absolute atomic E-state index is 11.2. The van der Waals surface area contributed by atoms with Crippen LogP contribution in [0.15, 0.2) is 46.1 Å². The van der Waals surface area contributed by atoms with E-state index >= 15 is 0 Å². The summed E-state index contributed by atoms with van der Waals surface area (Å²) in [5.41, 5.74) is 1.17. The zero-order valence-corrected chi connectivity index (χ0v) is 9.03. The molecule has 1 aromatic carbocycles. The van der Waals surface area contributed by atoms with E-state index in [9.17, 15) is 4.79 Å². The minimum Gasteiger partial charge on any atom is -0.486 e. The molecule has 0 saturated carbocycles. The van der Waals surface area contributed by atoms with E-state index in [4.69, 9.17) is 9.15 Å². The predicted octanol–water partition coefficient (Wildman–Crippen LogP) is 2.67. The van der Waals surface area contributed by atoms with Crippen LogP contribution in [0.2, 0.25) is 0 Å². The van der Waals surface area contributed by atoms with E-state index in [1.165, 1.54) is 6.07 Å². The lowest BCUT2D eigenvalue weighted by molar-refractivity contribution is 0.358. The average molecular weight is 216 g/mol. The van der Waals surface area contributed by atoms with Crippen LogP contribution in [0.5, 0.6) is 5.75 Å². The van der Waals surface area contributed by atoms with Crippen molar-refractivity contribution in [2.24, 2.45) is 0 Å². The third kappa shape index (κ3) is 1.98. The fourth-order valence-corrected chi connectivity index (χ4v) is 1.55. The second-order valence-electron chi connectivity index (χ2n) is 3.54. The Kier molecular flexibility index (Phi) is 2.77. The van der Waals surface area contributed by atoms with Crippen molar-refractivity contribution in [1.82, 2.24) is 0 Å². The third-order valence-corrected chi connectivity index (χ3v) is 2.19. The van der Waals surface area contributed by atoms with E-state index in [0.717, 1.165) is 10.9 Å². The quantitative estimate of drug-likeness (QED) is 0.585. The number of ether oxygens (including phenoxy) is 1. The summed E-state index contributed by atoms with van der Waals surface area (Å²) in [5, 5.41) is 0.860. The summed E-state index contributed by atoms with van der Waals surface area (Å²) in [6.45, 7) is 5.93. The molecule has 0 saturated heterocycles. The van der Waals surface area contributed by atoms with Gasteiger partial charge in [-0.25, -0.2) is 4.79 Å². The molecular formula is C13H12O3. The Bertz CT molecular complexity index is 581. The SMILES string of the molecule is C=CCOc1cc(C)cc2ccc(=O)oc12. The molecule has 0 fully saturated rings. The zero-order chi connectivity index (χ0) is 11.5. The van der Waals surface area contributed by atoms with Crippen LogP contribution in [0.3, 0.4) is 0 Å². The van der Waals surface area contributed by atoms with Crippen molar-refractivity contribution in [1.29, 1.82) is 0 Å². The molecule has 0 amide bonds. The number of aryl methyl sites for hydroxylation is 1. The summed E-state index contributed by atoms with van der Waals surface area (Å²) < 4.78 is 10.6. The molecule has 0 N–H and O–H groups in total. The molecule has 3 nitrogen and oxygen atoms in total. The zero-order valence-electron chi connectivity index (χ0n) is 9.03. The molecule has 0 aliphatic heterocycles. The lowest BCUT2D eigenvalue weighted by Crippen LogP contribution is -1.99. The number of hydrogen-bond donors (Lipinski definition) is 0. The topological polar surface area (TPSA) is 39.4 Å². The summed E-state index contributed by atoms with van der Waals surface area (Å²) in [4.78, 5) is 11.2. The van der Waals surface area contributed by atoms with Crippen molar-refractivity contribution in [3.63, 3.8) is 0 Å². The number of fused-ring (bicyclic) bond motifs is 1. The highest BCUT2D eigenvalue weighted by Gasteiger charge is 2.06. The van der Waals surface area contributed by atoms with E-state index in [1.807, 2.05) is 19.1 Å². The summed E-state index contributed by atoms with van der Waals surface area (Å²) in [6.07, 6.45) is 1.65.